The first kappa shape index (κ1) is 16.2. The number of nitrogens with zero attached hydrogens (tertiary/aromatic N) is 1. The second kappa shape index (κ2) is 7.06. The van der Waals surface area contributed by atoms with Crippen LogP contribution >= 0.6 is 15.6 Å². The topological polar surface area (TPSA) is 144 Å². The zero-order valence-electron chi connectivity index (χ0n) is 9.60. The number of piperazine rings is 1. The maximum atomic E-state index is 12.0. The Balaban J connectivity index is 2.63. The maximum absolute atomic E-state index is 12.0. The molecule has 0 aliphatic carbocycles. The van der Waals surface area contributed by atoms with Crippen molar-refractivity contribution in [2.24, 2.45) is 5.73 Å². The van der Waals surface area contributed by atoms with Crippen LogP contribution in [0.4, 0.5) is 0 Å². The lowest BCUT2D eigenvalue weighted by Crippen LogP contribution is -2.42. The first-order valence-corrected chi connectivity index (χ1v) is 8.21. The van der Waals surface area contributed by atoms with E-state index in [2.05, 4.69) is 14.2 Å². The highest BCUT2D eigenvalue weighted by Crippen LogP contribution is 2.61. The molecule has 1 saturated heterocycles. The molecule has 0 spiro atoms. The molecule has 1 fully saturated rings. The summed E-state index contributed by atoms with van der Waals surface area (Å²) in [5, 5.41) is 4.29. The summed E-state index contributed by atoms with van der Waals surface area (Å²) in [7, 11) is -9.36. The second-order valence-corrected chi connectivity index (χ2v) is 6.35. The summed E-state index contributed by atoms with van der Waals surface area (Å²) in [6, 6.07) is 0. The Labute approximate surface area is 104 Å². The van der Waals surface area contributed by atoms with E-state index in [0.717, 1.165) is 0 Å². The van der Waals surface area contributed by atoms with Gasteiger partial charge in [-0.3, -0.25) is 4.52 Å². The van der Waals surface area contributed by atoms with E-state index in [-0.39, 0.29) is 13.2 Å². The van der Waals surface area contributed by atoms with Crippen LogP contribution in [0.5, 0.6) is 0 Å². The van der Waals surface area contributed by atoms with Crippen molar-refractivity contribution in [1.82, 2.24) is 10.4 Å². The third-order valence-corrected chi connectivity index (χ3v) is 4.45. The molecule has 1 rings (SSSR count). The van der Waals surface area contributed by atoms with Gasteiger partial charge in [-0.1, -0.05) is 0 Å². The van der Waals surface area contributed by atoms with Crippen molar-refractivity contribution in [2.45, 2.75) is 0 Å². The van der Waals surface area contributed by atoms with Gasteiger partial charge in [0.2, 0.25) is 0 Å². The molecule has 0 bridgehead atoms. The van der Waals surface area contributed by atoms with E-state index in [1.807, 2.05) is 0 Å². The Morgan fingerprint density at radius 1 is 1.28 bits per heavy atom. The predicted octanol–water partition coefficient (Wildman–Crippen LogP) is -0.984. The van der Waals surface area contributed by atoms with Gasteiger partial charge in [0.05, 0.1) is 6.61 Å². The zero-order valence-corrected chi connectivity index (χ0v) is 11.4. The minimum Gasteiger partial charge on any atom is -0.328 e. The lowest BCUT2D eigenvalue weighted by Gasteiger charge is -2.28. The smallest absolute Gasteiger partial charge is 0.328 e. The van der Waals surface area contributed by atoms with E-state index in [1.165, 1.54) is 5.06 Å². The van der Waals surface area contributed by atoms with E-state index in [1.54, 1.807) is 0 Å². The molecular weight excluding hydrogens is 288 g/mol. The highest BCUT2D eigenvalue weighted by atomic mass is 31.3. The van der Waals surface area contributed by atoms with Crippen molar-refractivity contribution in [3.63, 3.8) is 0 Å². The highest BCUT2D eigenvalue weighted by molar-refractivity contribution is 7.61. The Morgan fingerprint density at radius 3 is 2.39 bits per heavy atom. The van der Waals surface area contributed by atoms with Gasteiger partial charge in [-0.25, -0.2) is 9.13 Å². The summed E-state index contributed by atoms with van der Waals surface area (Å²) in [6.07, 6.45) is 0. The van der Waals surface area contributed by atoms with Crippen molar-refractivity contribution in [2.75, 3.05) is 39.3 Å². The van der Waals surface area contributed by atoms with Gasteiger partial charge >= 0.3 is 15.6 Å². The zero-order chi connectivity index (χ0) is 13.6. The van der Waals surface area contributed by atoms with Gasteiger partial charge < -0.3 is 20.8 Å². The average Bonchev–Trinajstić information content (AvgIpc) is 2.25. The molecule has 0 saturated carbocycles. The van der Waals surface area contributed by atoms with Gasteiger partial charge in [0, 0.05) is 32.7 Å². The Bertz CT molecular complexity index is 342. The summed E-state index contributed by atoms with van der Waals surface area (Å²) in [5.41, 5.74) is 5.16. The van der Waals surface area contributed by atoms with Crippen molar-refractivity contribution >= 4 is 15.6 Å². The summed E-state index contributed by atoms with van der Waals surface area (Å²) in [6.45, 7) is 1.77. The summed E-state index contributed by atoms with van der Waals surface area (Å²) in [5.74, 6) is 0. The number of nitrogens with two attached hydrogens (primary N) is 1. The molecule has 18 heavy (non-hydrogen) atoms. The predicted molar refractivity (Wildman–Crippen MR) is 61.3 cm³/mol. The minimum atomic E-state index is -4.99. The van der Waals surface area contributed by atoms with Crippen molar-refractivity contribution < 1.29 is 32.4 Å². The normalized spacial score (nSPS) is 21.7. The number of hydrogen-bond donors (Lipinski definition) is 4. The highest BCUT2D eigenvalue weighted by Gasteiger charge is 2.38. The first-order chi connectivity index (χ1) is 8.35. The molecule has 10 nitrogen and oxygen atoms in total. The summed E-state index contributed by atoms with van der Waals surface area (Å²) < 4.78 is 36.4. The van der Waals surface area contributed by atoms with Crippen LogP contribution < -0.4 is 11.1 Å². The molecule has 12 heteroatoms. The third kappa shape index (κ3) is 6.35. The van der Waals surface area contributed by atoms with E-state index >= 15 is 0 Å². The van der Waals surface area contributed by atoms with E-state index < -0.39 is 15.6 Å². The van der Waals surface area contributed by atoms with Crippen molar-refractivity contribution in [3.8, 4) is 0 Å². The fraction of sp³-hybridized carbons (Fsp3) is 1.00. The van der Waals surface area contributed by atoms with Gasteiger partial charge in [0.25, 0.3) is 0 Å². The molecule has 0 aromatic carbocycles. The molecule has 5 N–H and O–H groups in total. The number of rotatable bonds is 7. The molecule has 0 aromatic heterocycles. The van der Waals surface area contributed by atoms with Crippen LogP contribution in [-0.4, -0.2) is 54.2 Å². The maximum Gasteiger partial charge on any atom is 0.500 e. The molecule has 1 unspecified atom stereocenters. The number of hydrogen-bond acceptors (Lipinski definition) is 8. The molecule has 1 aliphatic rings. The molecule has 1 heterocycles. The second-order valence-electron chi connectivity index (χ2n) is 3.40. The van der Waals surface area contributed by atoms with Crippen LogP contribution in [0.1, 0.15) is 0 Å². The van der Waals surface area contributed by atoms with Crippen LogP contribution in [0, 0.1) is 0 Å². The third-order valence-electron chi connectivity index (χ3n) is 1.87. The fourth-order valence-electron chi connectivity index (χ4n) is 1.22. The van der Waals surface area contributed by atoms with Crippen LogP contribution in [-0.2, 0) is 22.6 Å². The van der Waals surface area contributed by atoms with Crippen molar-refractivity contribution in [1.29, 1.82) is 0 Å². The van der Waals surface area contributed by atoms with Crippen molar-refractivity contribution in [3.05, 3.63) is 0 Å². The molecule has 0 aromatic rings. The summed E-state index contributed by atoms with van der Waals surface area (Å²) in [4.78, 5) is 17.4. The summed E-state index contributed by atoms with van der Waals surface area (Å²) >= 11 is 0. The van der Waals surface area contributed by atoms with Crippen LogP contribution in [0.2, 0.25) is 0 Å². The number of hydroxylamine groups is 2. The fourth-order valence-corrected chi connectivity index (χ4v) is 3.40. The van der Waals surface area contributed by atoms with Gasteiger partial charge in [-0.2, -0.15) is 14.0 Å². The molecular formula is C6H17N3O7P2. The molecule has 108 valence electrons. The molecule has 0 amide bonds. The molecule has 0 radical (unpaired) electrons. The van der Waals surface area contributed by atoms with E-state index in [0.29, 0.717) is 26.2 Å². The number of nitrogens with one attached hydrogen (secondary N) is 1. The quantitative estimate of drug-likeness (QED) is 0.433. The Hall–Kier alpha value is 0.140. The lowest BCUT2D eigenvalue weighted by atomic mass is 10.4. The Kier molecular flexibility index (Phi) is 6.36. The monoisotopic (exact) mass is 305 g/mol. The first-order valence-electron chi connectivity index (χ1n) is 5.21. The van der Waals surface area contributed by atoms with E-state index in [4.69, 9.17) is 20.1 Å². The number of phosphoric acid groups is 2. The molecule has 1 atom stereocenters. The van der Waals surface area contributed by atoms with Crippen LogP contribution in [0.15, 0.2) is 0 Å². The van der Waals surface area contributed by atoms with Gasteiger partial charge in [-0.15, -0.1) is 0 Å². The van der Waals surface area contributed by atoms with Crippen LogP contribution in [0.3, 0.4) is 0 Å². The van der Waals surface area contributed by atoms with Gasteiger partial charge in [0.1, 0.15) is 0 Å². The van der Waals surface area contributed by atoms with Gasteiger partial charge in [0.15, 0.2) is 0 Å². The largest absolute Gasteiger partial charge is 0.500 e. The SMILES string of the molecule is NCCOP(=O)(ON1CCNCC1)OP(=O)(O)O. The minimum absolute atomic E-state index is 0.0133. The lowest BCUT2D eigenvalue weighted by molar-refractivity contribution is -0.0920. The molecule has 1 aliphatic heterocycles. The van der Waals surface area contributed by atoms with Gasteiger partial charge in [-0.05, 0) is 0 Å². The van der Waals surface area contributed by atoms with E-state index in [9.17, 15) is 9.13 Å². The van der Waals surface area contributed by atoms with Crippen LogP contribution in [0.25, 0.3) is 0 Å². The standard InChI is InChI=1S/C6H17N3O7P2/c7-1-6-14-18(13,16-17(10,11)12)15-9-4-2-8-3-5-9/h8H,1-7H2,(H2,10,11,12). The average molecular weight is 305 g/mol. The Morgan fingerprint density at radius 2 is 1.89 bits per heavy atom.